The number of ether oxygens (including phenoxy) is 1. The first-order valence-electron chi connectivity index (χ1n) is 15.1. The topological polar surface area (TPSA) is 101 Å². The predicted octanol–water partition coefficient (Wildman–Crippen LogP) is 8.58. The molecule has 6 nitrogen and oxygen atoms in total. The average Bonchev–Trinajstić information content (AvgIpc) is 2.87. The molecule has 0 aromatic carbocycles. The number of esters is 1. The molecule has 0 heterocycles. The summed E-state index contributed by atoms with van der Waals surface area (Å²) in [6, 6.07) is 0. The number of allylic oxidation sites excluding steroid dienone is 1. The highest BCUT2D eigenvalue weighted by Crippen LogP contribution is 2.30. The van der Waals surface area contributed by atoms with Gasteiger partial charge in [0.25, 0.3) is 0 Å². The lowest BCUT2D eigenvalue weighted by molar-refractivity contribution is -0.155. The van der Waals surface area contributed by atoms with Crippen LogP contribution < -0.4 is 0 Å². The summed E-state index contributed by atoms with van der Waals surface area (Å²) in [5.74, 6) is -2.96. The second-order valence-corrected chi connectivity index (χ2v) is 11.0. The van der Waals surface area contributed by atoms with E-state index in [4.69, 9.17) is 14.9 Å². The van der Waals surface area contributed by atoms with Gasteiger partial charge in [0.1, 0.15) is 0 Å². The Bertz CT molecular complexity index is 618. The first-order chi connectivity index (χ1) is 17.7. The van der Waals surface area contributed by atoms with Crippen LogP contribution in [0.2, 0.25) is 0 Å². The van der Waals surface area contributed by atoms with Crippen molar-refractivity contribution < 1.29 is 29.3 Å². The Kier molecular flexibility index (Phi) is 22.1. The number of hydrogen-bond acceptors (Lipinski definition) is 4. The Morgan fingerprint density at radius 2 is 1.22 bits per heavy atom. The van der Waals surface area contributed by atoms with E-state index in [0.29, 0.717) is 25.4 Å². The normalized spacial score (nSPS) is 17.7. The van der Waals surface area contributed by atoms with Crippen LogP contribution in [0.3, 0.4) is 0 Å². The zero-order valence-electron chi connectivity index (χ0n) is 24.3. The molecule has 2 atom stereocenters. The summed E-state index contributed by atoms with van der Waals surface area (Å²) < 4.78 is 5.46. The number of hydrogen-bond donors (Lipinski definition) is 2. The SMILES string of the molecule is CCCCCCCC=C(CCCCCCCCC)C(=O)OCC(C)C.O=C(O)C1CCCCC1C(=O)O. The quantitative estimate of drug-likeness (QED) is 0.0996. The number of carboxylic acids is 2. The molecule has 0 saturated heterocycles. The van der Waals surface area contributed by atoms with Crippen LogP contribution in [-0.4, -0.2) is 34.7 Å². The van der Waals surface area contributed by atoms with Gasteiger partial charge in [-0.1, -0.05) is 111 Å². The lowest BCUT2D eigenvalue weighted by atomic mass is 9.79. The van der Waals surface area contributed by atoms with Crippen molar-refractivity contribution >= 4 is 17.9 Å². The van der Waals surface area contributed by atoms with Gasteiger partial charge in [0.15, 0.2) is 0 Å². The molecule has 0 spiro atoms. The Hall–Kier alpha value is -1.85. The van der Waals surface area contributed by atoms with E-state index in [2.05, 4.69) is 33.8 Å². The summed E-state index contributed by atoms with van der Waals surface area (Å²) >= 11 is 0. The van der Waals surface area contributed by atoms with E-state index in [0.717, 1.165) is 37.7 Å². The number of carbonyl (C=O) groups excluding carboxylic acids is 1. The average molecular weight is 525 g/mol. The van der Waals surface area contributed by atoms with Gasteiger partial charge in [0.2, 0.25) is 0 Å². The van der Waals surface area contributed by atoms with Gasteiger partial charge < -0.3 is 14.9 Å². The van der Waals surface area contributed by atoms with E-state index in [9.17, 15) is 14.4 Å². The first kappa shape index (κ1) is 35.2. The molecule has 0 radical (unpaired) electrons. The van der Waals surface area contributed by atoms with Gasteiger partial charge in [-0.05, 0) is 44.4 Å². The Labute approximate surface area is 226 Å². The molecular formula is C31H56O6. The molecule has 0 bridgehead atoms. The zero-order valence-corrected chi connectivity index (χ0v) is 24.3. The second kappa shape index (κ2) is 23.3. The number of carboxylic acid groups (broad SMARTS) is 2. The first-order valence-corrected chi connectivity index (χ1v) is 15.1. The number of rotatable bonds is 19. The third-order valence-corrected chi connectivity index (χ3v) is 6.96. The summed E-state index contributed by atoms with van der Waals surface area (Å²) in [5, 5.41) is 17.4. The maximum atomic E-state index is 12.3. The third kappa shape index (κ3) is 19.0. The van der Waals surface area contributed by atoms with Gasteiger partial charge in [0, 0.05) is 5.57 Å². The van der Waals surface area contributed by atoms with Crippen molar-refractivity contribution in [3.05, 3.63) is 11.6 Å². The van der Waals surface area contributed by atoms with Crippen molar-refractivity contribution in [3.63, 3.8) is 0 Å². The van der Waals surface area contributed by atoms with E-state index in [1.165, 1.54) is 70.6 Å². The molecule has 0 amide bonds. The zero-order chi connectivity index (χ0) is 27.9. The second-order valence-electron chi connectivity index (χ2n) is 11.0. The van der Waals surface area contributed by atoms with E-state index in [1.807, 2.05) is 0 Å². The van der Waals surface area contributed by atoms with Crippen molar-refractivity contribution in [2.24, 2.45) is 17.8 Å². The van der Waals surface area contributed by atoms with Crippen molar-refractivity contribution in [1.29, 1.82) is 0 Å². The molecule has 0 aromatic rings. The monoisotopic (exact) mass is 524 g/mol. The van der Waals surface area contributed by atoms with Crippen LogP contribution in [0.1, 0.15) is 143 Å². The predicted molar refractivity (Wildman–Crippen MR) is 151 cm³/mol. The van der Waals surface area contributed by atoms with Gasteiger partial charge in [-0.2, -0.15) is 0 Å². The Morgan fingerprint density at radius 1 is 0.757 bits per heavy atom. The number of carbonyl (C=O) groups is 3. The Morgan fingerprint density at radius 3 is 1.68 bits per heavy atom. The van der Waals surface area contributed by atoms with E-state index in [1.54, 1.807) is 0 Å². The molecular weight excluding hydrogens is 468 g/mol. The van der Waals surface area contributed by atoms with E-state index >= 15 is 0 Å². The Balaban J connectivity index is 0.000000893. The minimum atomic E-state index is -0.970. The smallest absolute Gasteiger partial charge is 0.333 e. The molecule has 1 saturated carbocycles. The van der Waals surface area contributed by atoms with Gasteiger partial charge in [-0.3, -0.25) is 9.59 Å². The van der Waals surface area contributed by atoms with Crippen LogP contribution in [-0.2, 0) is 19.1 Å². The van der Waals surface area contributed by atoms with Crippen LogP contribution >= 0.6 is 0 Å². The maximum absolute atomic E-state index is 12.3. The van der Waals surface area contributed by atoms with Crippen LogP contribution in [0.5, 0.6) is 0 Å². The molecule has 6 heteroatoms. The number of aliphatic carboxylic acids is 2. The van der Waals surface area contributed by atoms with Crippen molar-refractivity contribution in [3.8, 4) is 0 Å². The highest BCUT2D eigenvalue weighted by atomic mass is 16.5. The molecule has 1 aliphatic carbocycles. The fraction of sp³-hybridized carbons (Fsp3) is 0.839. The third-order valence-electron chi connectivity index (χ3n) is 6.96. The van der Waals surface area contributed by atoms with Crippen LogP contribution in [0, 0.1) is 17.8 Å². The summed E-state index contributed by atoms with van der Waals surface area (Å²) in [5.41, 5.74) is 0.921. The highest BCUT2D eigenvalue weighted by molar-refractivity contribution is 5.88. The molecule has 1 fully saturated rings. The van der Waals surface area contributed by atoms with Gasteiger partial charge >= 0.3 is 17.9 Å². The lowest BCUT2D eigenvalue weighted by Crippen LogP contribution is -2.32. The molecule has 216 valence electrons. The largest absolute Gasteiger partial charge is 0.481 e. The van der Waals surface area contributed by atoms with Gasteiger partial charge in [-0.25, -0.2) is 4.79 Å². The summed E-state index contributed by atoms with van der Waals surface area (Å²) in [7, 11) is 0. The molecule has 0 aromatic heterocycles. The minimum absolute atomic E-state index is 0.0757. The fourth-order valence-corrected chi connectivity index (χ4v) is 4.64. The standard InChI is InChI=1S/C23H44O2.C8H12O4/c1-5-7-9-11-13-15-17-19-22(23(24)25-20-21(3)4)18-16-14-12-10-8-6-2;9-7(10)5-3-1-2-4-6(5)8(11)12/h18,21H,5-17,19-20H2,1-4H3;5-6H,1-4H2,(H,9,10)(H,11,12). The van der Waals surface area contributed by atoms with Gasteiger partial charge in [-0.15, -0.1) is 0 Å². The number of unbranched alkanes of at least 4 members (excludes halogenated alkanes) is 11. The van der Waals surface area contributed by atoms with Crippen LogP contribution in [0.25, 0.3) is 0 Å². The molecule has 2 N–H and O–H groups in total. The van der Waals surface area contributed by atoms with Crippen molar-refractivity contribution in [2.45, 2.75) is 143 Å². The highest BCUT2D eigenvalue weighted by Gasteiger charge is 2.35. The maximum Gasteiger partial charge on any atom is 0.333 e. The fourth-order valence-electron chi connectivity index (χ4n) is 4.64. The molecule has 37 heavy (non-hydrogen) atoms. The molecule has 0 aliphatic heterocycles. The lowest BCUT2D eigenvalue weighted by Gasteiger charge is -2.24. The summed E-state index contributed by atoms with van der Waals surface area (Å²) in [4.78, 5) is 33.5. The van der Waals surface area contributed by atoms with Crippen LogP contribution in [0.4, 0.5) is 0 Å². The summed E-state index contributed by atoms with van der Waals surface area (Å²) in [6.45, 7) is 9.19. The van der Waals surface area contributed by atoms with Crippen LogP contribution in [0.15, 0.2) is 11.6 Å². The van der Waals surface area contributed by atoms with Crippen molar-refractivity contribution in [1.82, 2.24) is 0 Å². The molecule has 1 aliphatic rings. The minimum Gasteiger partial charge on any atom is -0.481 e. The van der Waals surface area contributed by atoms with E-state index < -0.39 is 23.8 Å². The van der Waals surface area contributed by atoms with E-state index in [-0.39, 0.29) is 5.97 Å². The molecule has 2 unspecified atom stereocenters. The van der Waals surface area contributed by atoms with Gasteiger partial charge in [0.05, 0.1) is 18.4 Å². The summed E-state index contributed by atoms with van der Waals surface area (Å²) in [6.07, 6.45) is 22.1. The van der Waals surface area contributed by atoms with Crippen molar-refractivity contribution in [2.75, 3.05) is 6.61 Å². The molecule has 1 rings (SSSR count).